The van der Waals surface area contributed by atoms with Crippen LogP contribution in [0.15, 0.2) is 18.2 Å². The van der Waals surface area contributed by atoms with Gasteiger partial charge in [-0.15, -0.1) is 0 Å². The fourth-order valence-electron chi connectivity index (χ4n) is 1.77. The zero-order valence-electron chi connectivity index (χ0n) is 10.1. The first-order valence-corrected chi connectivity index (χ1v) is 5.22. The zero-order valence-corrected chi connectivity index (χ0v) is 10.1. The highest BCUT2D eigenvalue weighted by molar-refractivity contribution is 5.86. The lowest BCUT2D eigenvalue weighted by atomic mass is 10.1. The summed E-state index contributed by atoms with van der Waals surface area (Å²) in [6.07, 6.45) is 0.715. The van der Waals surface area contributed by atoms with E-state index in [2.05, 4.69) is 10.2 Å². The third kappa shape index (κ3) is 1.88. The maximum atomic E-state index is 10.9. The molecular formula is C12H13N3O3. The molecule has 1 heterocycles. The molecule has 3 N–H and O–H groups in total. The van der Waals surface area contributed by atoms with E-state index in [0.29, 0.717) is 34.9 Å². The van der Waals surface area contributed by atoms with Crippen LogP contribution >= 0.6 is 0 Å². The number of hydrogen-bond donors (Lipinski definition) is 2. The van der Waals surface area contributed by atoms with Crippen molar-refractivity contribution in [3.63, 3.8) is 0 Å². The van der Waals surface area contributed by atoms with Crippen LogP contribution in [0, 0.1) is 0 Å². The number of hydrogen-bond acceptors (Lipinski definition) is 5. The Hall–Kier alpha value is -2.50. The third-order valence-corrected chi connectivity index (χ3v) is 2.57. The van der Waals surface area contributed by atoms with Gasteiger partial charge in [0, 0.05) is 11.6 Å². The molecule has 1 aromatic carbocycles. The van der Waals surface area contributed by atoms with Gasteiger partial charge in [-0.25, -0.2) is 0 Å². The number of nitrogens with one attached hydrogen (secondary N) is 1. The topological polar surface area (TPSA) is 90.2 Å². The lowest BCUT2D eigenvalue weighted by Crippen LogP contribution is -1.97. The third-order valence-electron chi connectivity index (χ3n) is 2.57. The van der Waals surface area contributed by atoms with E-state index >= 15 is 0 Å². The normalized spacial score (nSPS) is 10.1. The van der Waals surface area contributed by atoms with Crippen molar-refractivity contribution >= 4 is 12.1 Å². The molecule has 1 aromatic heterocycles. The van der Waals surface area contributed by atoms with Gasteiger partial charge in [-0.3, -0.25) is 9.89 Å². The highest BCUT2D eigenvalue weighted by Crippen LogP contribution is 2.39. The highest BCUT2D eigenvalue weighted by Gasteiger charge is 2.17. The van der Waals surface area contributed by atoms with E-state index in [4.69, 9.17) is 15.2 Å². The molecule has 2 rings (SSSR count). The molecule has 0 aliphatic carbocycles. The summed E-state index contributed by atoms with van der Waals surface area (Å²) in [7, 11) is 2.99. The number of rotatable bonds is 4. The number of anilines is 1. The molecule has 0 spiro atoms. The van der Waals surface area contributed by atoms with Crippen LogP contribution in [0.5, 0.6) is 11.5 Å². The van der Waals surface area contributed by atoms with Crippen LogP contribution in [-0.4, -0.2) is 30.7 Å². The molecule has 0 fully saturated rings. The van der Waals surface area contributed by atoms with Gasteiger partial charge in [-0.05, 0) is 12.1 Å². The average molecular weight is 247 g/mol. The van der Waals surface area contributed by atoms with E-state index in [9.17, 15) is 4.79 Å². The molecule has 0 saturated carbocycles. The van der Waals surface area contributed by atoms with E-state index in [0.717, 1.165) is 5.56 Å². The van der Waals surface area contributed by atoms with Crippen molar-refractivity contribution in [2.45, 2.75) is 0 Å². The highest BCUT2D eigenvalue weighted by atomic mass is 16.5. The molecule has 6 heteroatoms. The Labute approximate surface area is 104 Å². The molecule has 6 nitrogen and oxygen atoms in total. The molecule has 0 unspecified atom stereocenters. The average Bonchev–Trinajstić information content (AvgIpc) is 2.83. The van der Waals surface area contributed by atoms with Gasteiger partial charge >= 0.3 is 0 Å². The molecule has 0 radical (unpaired) electrons. The van der Waals surface area contributed by atoms with Crippen molar-refractivity contribution in [3.8, 4) is 22.8 Å². The van der Waals surface area contributed by atoms with Gasteiger partial charge in [0.05, 0.1) is 25.5 Å². The van der Waals surface area contributed by atoms with Crippen molar-refractivity contribution < 1.29 is 14.3 Å². The van der Waals surface area contributed by atoms with Crippen molar-refractivity contribution in [1.29, 1.82) is 0 Å². The maximum absolute atomic E-state index is 10.9. The molecule has 0 aliphatic heterocycles. The maximum Gasteiger partial charge on any atom is 0.171 e. The van der Waals surface area contributed by atoms with Gasteiger partial charge in [0.1, 0.15) is 5.82 Å². The van der Waals surface area contributed by atoms with E-state index in [1.807, 2.05) is 0 Å². The Morgan fingerprint density at radius 1 is 1.28 bits per heavy atom. The molecular weight excluding hydrogens is 234 g/mol. The predicted molar refractivity (Wildman–Crippen MR) is 66.9 cm³/mol. The van der Waals surface area contributed by atoms with Crippen LogP contribution in [-0.2, 0) is 0 Å². The smallest absolute Gasteiger partial charge is 0.171 e. The molecule has 0 aliphatic rings. The number of nitrogens with zero attached hydrogens (tertiary/aromatic N) is 1. The first kappa shape index (κ1) is 12.0. The zero-order chi connectivity index (χ0) is 13.1. The second-order valence-corrected chi connectivity index (χ2v) is 3.59. The fraction of sp³-hybridized carbons (Fsp3) is 0.167. The lowest BCUT2D eigenvalue weighted by molar-refractivity contribution is 0.112. The Balaban J connectivity index is 2.65. The van der Waals surface area contributed by atoms with Gasteiger partial charge in [-0.1, -0.05) is 0 Å². The van der Waals surface area contributed by atoms with Gasteiger partial charge in [0.2, 0.25) is 0 Å². The lowest BCUT2D eigenvalue weighted by Gasteiger charge is -2.13. The Kier molecular flexibility index (Phi) is 3.18. The summed E-state index contributed by atoms with van der Waals surface area (Å²) in [5.41, 5.74) is 7.41. The number of nitrogen functional groups attached to an aromatic ring is 1. The molecule has 94 valence electrons. The van der Waals surface area contributed by atoms with E-state index in [-0.39, 0.29) is 0 Å². The second-order valence-electron chi connectivity index (χ2n) is 3.59. The summed E-state index contributed by atoms with van der Waals surface area (Å²) >= 11 is 0. The number of H-pyrrole nitrogens is 1. The summed E-state index contributed by atoms with van der Waals surface area (Å²) in [5.74, 6) is 1.23. The van der Waals surface area contributed by atoms with E-state index in [1.165, 1.54) is 14.2 Å². The summed E-state index contributed by atoms with van der Waals surface area (Å²) < 4.78 is 10.5. The van der Waals surface area contributed by atoms with Crippen molar-refractivity contribution in [2.24, 2.45) is 0 Å². The molecule has 0 saturated heterocycles. The number of benzene rings is 1. The number of aldehydes is 1. The molecule has 0 amide bonds. The molecule has 0 bridgehead atoms. The Bertz CT molecular complexity index is 578. The van der Waals surface area contributed by atoms with Crippen LogP contribution in [0.4, 0.5) is 5.82 Å². The number of aromatic nitrogens is 2. The van der Waals surface area contributed by atoms with Crippen molar-refractivity contribution in [1.82, 2.24) is 10.2 Å². The quantitative estimate of drug-likeness (QED) is 0.799. The SMILES string of the molecule is COc1c(C=O)ccc(-c2cc(N)n[nH]2)c1OC. The monoisotopic (exact) mass is 247 g/mol. The fourth-order valence-corrected chi connectivity index (χ4v) is 1.77. The number of aromatic amines is 1. The van der Waals surface area contributed by atoms with Gasteiger partial charge in [-0.2, -0.15) is 5.10 Å². The van der Waals surface area contributed by atoms with Gasteiger partial charge in [0.25, 0.3) is 0 Å². The minimum Gasteiger partial charge on any atom is -0.492 e. The summed E-state index contributed by atoms with van der Waals surface area (Å²) in [6.45, 7) is 0. The number of nitrogens with two attached hydrogens (primary N) is 1. The van der Waals surface area contributed by atoms with Crippen LogP contribution < -0.4 is 15.2 Å². The van der Waals surface area contributed by atoms with Gasteiger partial charge in [0.15, 0.2) is 17.8 Å². The van der Waals surface area contributed by atoms with E-state index < -0.39 is 0 Å². The first-order valence-electron chi connectivity index (χ1n) is 5.22. The molecule has 18 heavy (non-hydrogen) atoms. The van der Waals surface area contributed by atoms with E-state index in [1.54, 1.807) is 18.2 Å². The minimum absolute atomic E-state index is 0.380. The summed E-state index contributed by atoms with van der Waals surface area (Å²) in [6, 6.07) is 5.08. The Morgan fingerprint density at radius 3 is 2.50 bits per heavy atom. The van der Waals surface area contributed by atoms with Crippen LogP contribution in [0.25, 0.3) is 11.3 Å². The number of carbonyl (C=O) groups is 1. The summed E-state index contributed by atoms with van der Waals surface area (Å²) in [4.78, 5) is 10.9. The standard InChI is InChI=1S/C12H13N3O3/c1-17-11-7(6-16)3-4-8(12(11)18-2)9-5-10(13)15-14-9/h3-6H,1-2H3,(H3,13,14,15). The second kappa shape index (κ2) is 4.79. The summed E-state index contributed by atoms with van der Waals surface area (Å²) in [5, 5.41) is 6.64. The molecule has 0 atom stereocenters. The number of methoxy groups -OCH3 is 2. The van der Waals surface area contributed by atoms with Crippen LogP contribution in [0.3, 0.4) is 0 Å². The van der Waals surface area contributed by atoms with Crippen molar-refractivity contribution in [3.05, 3.63) is 23.8 Å². The minimum atomic E-state index is 0.380. The van der Waals surface area contributed by atoms with Crippen LogP contribution in [0.2, 0.25) is 0 Å². The number of carbonyl (C=O) groups excluding carboxylic acids is 1. The molecule has 2 aromatic rings. The number of ether oxygens (including phenoxy) is 2. The first-order chi connectivity index (χ1) is 8.71. The largest absolute Gasteiger partial charge is 0.492 e. The predicted octanol–water partition coefficient (Wildman–Crippen LogP) is 1.49. The van der Waals surface area contributed by atoms with Crippen LogP contribution in [0.1, 0.15) is 10.4 Å². The van der Waals surface area contributed by atoms with Gasteiger partial charge < -0.3 is 15.2 Å². The van der Waals surface area contributed by atoms with Crippen molar-refractivity contribution in [2.75, 3.05) is 20.0 Å². The Morgan fingerprint density at radius 2 is 2.00 bits per heavy atom.